The third kappa shape index (κ3) is 4.18. The molecule has 0 radical (unpaired) electrons. The second-order valence-electron chi connectivity index (χ2n) is 6.38. The molecule has 2 aliphatic rings. The zero-order valence-corrected chi connectivity index (χ0v) is 13.0. The van der Waals surface area contributed by atoms with Gasteiger partial charge in [0.2, 0.25) is 0 Å². The van der Waals surface area contributed by atoms with Crippen LogP contribution in [0.2, 0.25) is 0 Å². The van der Waals surface area contributed by atoms with Crippen LogP contribution in [-0.4, -0.2) is 49.8 Å². The maximum absolute atomic E-state index is 9.66. The van der Waals surface area contributed by atoms with Crippen molar-refractivity contribution in [3.63, 3.8) is 0 Å². The number of nitrogens with one attached hydrogen (secondary N) is 1. The van der Waals surface area contributed by atoms with Crippen LogP contribution in [0.1, 0.15) is 45.4 Å². The van der Waals surface area contributed by atoms with Gasteiger partial charge in [-0.05, 0) is 58.5 Å². The van der Waals surface area contributed by atoms with Crippen molar-refractivity contribution in [2.75, 3.05) is 33.4 Å². The Hall–Kier alpha value is -0.630. The highest BCUT2D eigenvalue weighted by Gasteiger charge is 2.45. The van der Waals surface area contributed by atoms with Crippen molar-refractivity contribution in [2.45, 2.75) is 57.0 Å². The van der Waals surface area contributed by atoms with E-state index in [2.05, 4.69) is 23.3 Å². The van der Waals surface area contributed by atoms with Gasteiger partial charge in [0.25, 0.3) is 0 Å². The first-order valence-corrected chi connectivity index (χ1v) is 8.15. The second-order valence-corrected chi connectivity index (χ2v) is 6.38. The Labute approximate surface area is 123 Å². The molecule has 0 aromatic carbocycles. The van der Waals surface area contributed by atoms with Crippen molar-refractivity contribution in [3.8, 4) is 6.07 Å². The van der Waals surface area contributed by atoms with Crippen LogP contribution in [0.15, 0.2) is 0 Å². The zero-order chi connectivity index (χ0) is 14.4. The van der Waals surface area contributed by atoms with E-state index < -0.39 is 0 Å². The van der Waals surface area contributed by atoms with E-state index in [0.717, 1.165) is 39.1 Å². The predicted molar refractivity (Wildman–Crippen MR) is 80.4 cm³/mol. The highest BCUT2D eigenvalue weighted by molar-refractivity contribution is 5.16. The summed E-state index contributed by atoms with van der Waals surface area (Å²) in [6, 6.07) is 3.24. The Morgan fingerprint density at radius 3 is 2.80 bits per heavy atom. The van der Waals surface area contributed by atoms with E-state index in [0.29, 0.717) is 12.0 Å². The fourth-order valence-corrected chi connectivity index (χ4v) is 3.28. The van der Waals surface area contributed by atoms with E-state index >= 15 is 0 Å². The molecule has 0 amide bonds. The third-order valence-corrected chi connectivity index (χ3v) is 4.74. The molecule has 0 saturated heterocycles. The molecule has 2 atom stereocenters. The van der Waals surface area contributed by atoms with Crippen molar-refractivity contribution in [1.29, 1.82) is 5.26 Å². The van der Waals surface area contributed by atoms with Gasteiger partial charge in [0.15, 0.2) is 0 Å². The molecule has 0 heterocycles. The molecule has 0 aromatic heterocycles. The summed E-state index contributed by atoms with van der Waals surface area (Å²) in [6.45, 7) is 5.67. The lowest BCUT2D eigenvalue weighted by molar-refractivity contribution is 0.118. The lowest BCUT2D eigenvalue weighted by atomic mass is 9.85. The third-order valence-electron chi connectivity index (χ3n) is 4.74. The highest BCUT2D eigenvalue weighted by Crippen LogP contribution is 2.40. The smallest absolute Gasteiger partial charge is 0.109 e. The molecule has 2 fully saturated rings. The number of nitriles is 1. The van der Waals surface area contributed by atoms with E-state index in [4.69, 9.17) is 4.74 Å². The number of likely N-dealkylation sites (N-methyl/N-ethyl adjacent to an activating group) is 1. The van der Waals surface area contributed by atoms with Crippen molar-refractivity contribution in [2.24, 2.45) is 5.92 Å². The topological polar surface area (TPSA) is 48.3 Å². The molecule has 0 aromatic rings. The van der Waals surface area contributed by atoms with Crippen LogP contribution in [0.4, 0.5) is 0 Å². The molecule has 2 saturated carbocycles. The average Bonchev–Trinajstić information content (AvgIpc) is 3.16. The average molecular weight is 279 g/mol. The Balaban J connectivity index is 1.76. The first-order valence-electron chi connectivity index (χ1n) is 8.15. The molecule has 0 spiro atoms. The van der Waals surface area contributed by atoms with Gasteiger partial charge in [-0.15, -0.1) is 0 Å². The number of rotatable bonds is 9. The zero-order valence-electron chi connectivity index (χ0n) is 13.0. The van der Waals surface area contributed by atoms with Crippen molar-refractivity contribution < 1.29 is 4.74 Å². The number of hydrogen-bond donors (Lipinski definition) is 1. The molecule has 2 rings (SSSR count). The molecule has 114 valence electrons. The van der Waals surface area contributed by atoms with Crippen molar-refractivity contribution >= 4 is 0 Å². The summed E-state index contributed by atoms with van der Waals surface area (Å²) < 4.78 is 5.39. The van der Waals surface area contributed by atoms with Crippen LogP contribution in [0.25, 0.3) is 0 Å². The molecule has 20 heavy (non-hydrogen) atoms. The Bertz CT molecular complexity index is 337. The van der Waals surface area contributed by atoms with Crippen molar-refractivity contribution in [1.82, 2.24) is 10.2 Å². The fraction of sp³-hybridized carbons (Fsp3) is 0.938. The molecule has 4 heteroatoms. The van der Waals surface area contributed by atoms with E-state index in [-0.39, 0.29) is 5.54 Å². The Morgan fingerprint density at radius 1 is 1.35 bits per heavy atom. The minimum absolute atomic E-state index is 0.234. The summed E-state index contributed by atoms with van der Waals surface area (Å²) in [5, 5.41) is 13.3. The van der Waals surface area contributed by atoms with Crippen LogP contribution < -0.4 is 5.32 Å². The van der Waals surface area contributed by atoms with Crippen LogP contribution >= 0.6 is 0 Å². The molecular weight excluding hydrogens is 250 g/mol. The molecule has 1 N–H and O–H groups in total. The summed E-state index contributed by atoms with van der Waals surface area (Å²) in [4.78, 5) is 2.33. The molecule has 2 aliphatic carbocycles. The van der Waals surface area contributed by atoms with Crippen LogP contribution in [0.5, 0.6) is 0 Å². The Kier molecular flexibility index (Phi) is 5.83. The summed E-state index contributed by atoms with van der Waals surface area (Å²) in [6.07, 6.45) is 7.06. The molecule has 0 aliphatic heterocycles. The predicted octanol–water partition coefficient (Wildman–Crippen LogP) is 2.16. The summed E-state index contributed by atoms with van der Waals surface area (Å²) in [5.41, 5.74) is -0.234. The van der Waals surface area contributed by atoms with Crippen molar-refractivity contribution in [3.05, 3.63) is 0 Å². The fourth-order valence-electron chi connectivity index (χ4n) is 3.28. The van der Waals surface area contributed by atoms with Gasteiger partial charge in [0.05, 0.1) is 12.7 Å². The number of hydrogen-bond acceptors (Lipinski definition) is 4. The van der Waals surface area contributed by atoms with E-state index in [9.17, 15) is 5.26 Å². The first-order chi connectivity index (χ1) is 9.70. The first kappa shape index (κ1) is 15.8. The normalized spacial score (nSPS) is 29.8. The van der Waals surface area contributed by atoms with E-state index in [1.165, 1.54) is 25.7 Å². The molecular formula is C16H29N3O. The van der Waals surface area contributed by atoms with Gasteiger partial charge in [-0.1, -0.05) is 6.42 Å². The minimum Gasteiger partial charge on any atom is -0.380 e. The molecule has 4 nitrogen and oxygen atoms in total. The van der Waals surface area contributed by atoms with Crippen LogP contribution in [0.3, 0.4) is 0 Å². The number of nitrogens with zero attached hydrogens (tertiary/aromatic N) is 2. The van der Waals surface area contributed by atoms with Crippen LogP contribution in [0, 0.1) is 17.2 Å². The van der Waals surface area contributed by atoms with Gasteiger partial charge < -0.3 is 9.64 Å². The van der Waals surface area contributed by atoms with Gasteiger partial charge in [0.1, 0.15) is 5.54 Å². The number of ether oxygens (including phenoxy) is 1. The highest BCUT2D eigenvalue weighted by atomic mass is 16.5. The van der Waals surface area contributed by atoms with Gasteiger partial charge in [-0.25, -0.2) is 0 Å². The maximum atomic E-state index is 9.66. The largest absolute Gasteiger partial charge is 0.380 e. The van der Waals surface area contributed by atoms with E-state index in [1.807, 2.05) is 6.92 Å². The summed E-state index contributed by atoms with van der Waals surface area (Å²) in [7, 11) is 2.15. The SMILES string of the molecule is CCOCCN(C)CCC1CCCC1(C#N)NC1CC1. The van der Waals surface area contributed by atoms with Gasteiger partial charge in [-0.2, -0.15) is 5.26 Å². The van der Waals surface area contributed by atoms with Gasteiger partial charge in [-0.3, -0.25) is 5.32 Å². The monoisotopic (exact) mass is 279 g/mol. The summed E-state index contributed by atoms with van der Waals surface area (Å²) in [5.74, 6) is 0.516. The van der Waals surface area contributed by atoms with Gasteiger partial charge in [0, 0.05) is 19.2 Å². The lowest BCUT2D eigenvalue weighted by Gasteiger charge is -2.31. The lowest BCUT2D eigenvalue weighted by Crippen LogP contribution is -2.48. The Morgan fingerprint density at radius 2 is 2.15 bits per heavy atom. The molecule has 2 unspecified atom stereocenters. The maximum Gasteiger partial charge on any atom is 0.109 e. The standard InChI is InChI=1S/C16H29N3O/c1-3-20-12-11-19(2)10-8-14-5-4-9-16(14,13-17)18-15-6-7-15/h14-15,18H,3-12H2,1-2H3. The van der Waals surface area contributed by atoms with Crippen LogP contribution in [-0.2, 0) is 4.74 Å². The molecule has 0 bridgehead atoms. The van der Waals surface area contributed by atoms with E-state index in [1.54, 1.807) is 0 Å². The second kappa shape index (κ2) is 7.40. The minimum atomic E-state index is -0.234. The van der Waals surface area contributed by atoms with Gasteiger partial charge >= 0.3 is 0 Å². The summed E-state index contributed by atoms with van der Waals surface area (Å²) >= 11 is 0. The quantitative estimate of drug-likeness (QED) is 0.657.